The van der Waals surface area contributed by atoms with E-state index >= 15 is 0 Å². The van der Waals surface area contributed by atoms with Crippen molar-refractivity contribution in [2.45, 2.75) is 33.1 Å². The van der Waals surface area contributed by atoms with Gasteiger partial charge < -0.3 is 15.1 Å². The number of amides is 2. The maximum absolute atomic E-state index is 11.6. The summed E-state index contributed by atoms with van der Waals surface area (Å²) in [4.78, 5) is 26.9. The van der Waals surface area contributed by atoms with Gasteiger partial charge in [-0.25, -0.2) is 0 Å². The fraction of sp³-hybridized carbons (Fsp3) is 0.333. The van der Waals surface area contributed by atoms with Crippen LogP contribution in [0.5, 0.6) is 0 Å². The van der Waals surface area contributed by atoms with Gasteiger partial charge in [0.15, 0.2) is 10.7 Å². The molecule has 0 unspecified atom stereocenters. The third-order valence-electron chi connectivity index (χ3n) is 2.94. The predicted molar refractivity (Wildman–Crippen MR) is 92.2 cm³/mol. The Balaban J connectivity index is 2.01. The second-order valence-electron chi connectivity index (χ2n) is 4.99. The SMILES string of the molecule is CCCCC(=O)NC(=S)Nc1nc2ccc(NC(C)=O)cc2o1. The summed E-state index contributed by atoms with van der Waals surface area (Å²) in [6.07, 6.45) is 2.17. The molecule has 0 saturated carbocycles. The van der Waals surface area contributed by atoms with Crippen LogP contribution in [-0.4, -0.2) is 21.9 Å². The molecule has 2 rings (SSSR count). The molecule has 1 aromatic carbocycles. The van der Waals surface area contributed by atoms with Gasteiger partial charge in [-0.15, -0.1) is 0 Å². The van der Waals surface area contributed by atoms with Crippen molar-refractivity contribution < 1.29 is 14.0 Å². The molecule has 3 N–H and O–H groups in total. The predicted octanol–water partition coefficient (Wildman–Crippen LogP) is 2.79. The minimum absolute atomic E-state index is 0.139. The van der Waals surface area contributed by atoms with Gasteiger partial charge in [0.1, 0.15) is 5.52 Å². The second kappa shape index (κ2) is 7.68. The summed E-state index contributed by atoms with van der Waals surface area (Å²) >= 11 is 5.05. The molecule has 0 saturated heterocycles. The summed E-state index contributed by atoms with van der Waals surface area (Å²) in [5.41, 5.74) is 1.73. The van der Waals surface area contributed by atoms with Crippen LogP contribution in [0.25, 0.3) is 11.1 Å². The molecule has 0 spiro atoms. The van der Waals surface area contributed by atoms with Crippen molar-refractivity contribution in [1.82, 2.24) is 10.3 Å². The van der Waals surface area contributed by atoms with E-state index in [2.05, 4.69) is 20.9 Å². The number of fused-ring (bicyclic) bond motifs is 1. The number of nitrogens with zero attached hydrogens (tertiary/aromatic N) is 1. The second-order valence-corrected chi connectivity index (χ2v) is 5.40. The van der Waals surface area contributed by atoms with E-state index in [0.29, 0.717) is 23.2 Å². The number of benzene rings is 1. The van der Waals surface area contributed by atoms with E-state index in [-0.39, 0.29) is 22.9 Å². The van der Waals surface area contributed by atoms with Crippen molar-refractivity contribution >= 4 is 51.9 Å². The van der Waals surface area contributed by atoms with Gasteiger partial charge in [0.25, 0.3) is 0 Å². The molecule has 0 aliphatic carbocycles. The van der Waals surface area contributed by atoms with Crippen LogP contribution in [-0.2, 0) is 9.59 Å². The van der Waals surface area contributed by atoms with Gasteiger partial charge in [0, 0.05) is 25.1 Å². The molecule has 0 aliphatic rings. The van der Waals surface area contributed by atoms with E-state index in [1.54, 1.807) is 18.2 Å². The number of rotatable bonds is 5. The van der Waals surface area contributed by atoms with Crippen molar-refractivity contribution in [3.05, 3.63) is 18.2 Å². The molecule has 0 fully saturated rings. The monoisotopic (exact) mass is 334 g/mol. The zero-order valence-electron chi connectivity index (χ0n) is 12.9. The minimum Gasteiger partial charge on any atom is -0.423 e. The summed E-state index contributed by atoms with van der Waals surface area (Å²) in [6, 6.07) is 5.29. The zero-order valence-corrected chi connectivity index (χ0v) is 13.8. The maximum atomic E-state index is 11.6. The largest absolute Gasteiger partial charge is 0.423 e. The molecule has 0 aliphatic heterocycles. The van der Waals surface area contributed by atoms with Gasteiger partial charge in [0.05, 0.1) is 0 Å². The topological polar surface area (TPSA) is 96.3 Å². The Morgan fingerprint density at radius 2 is 2.09 bits per heavy atom. The Hall–Kier alpha value is -2.48. The highest BCUT2D eigenvalue weighted by atomic mass is 32.1. The van der Waals surface area contributed by atoms with Crippen molar-refractivity contribution in [2.75, 3.05) is 10.6 Å². The average molecular weight is 334 g/mol. The van der Waals surface area contributed by atoms with E-state index in [4.69, 9.17) is 16.6 Å². The van der Waals surface area contributed by atoms with Crippen LogP contribution in [0, 0.1) is 0 Å². The van der Waals surface area contributed by atoms with Gasteiger partial charge in [-0.1, -0.05) is 13.3 Å². The first-order chi connectivity index (χ1) is 11.0. The van der Waals surface area contributed by atoms with Crippen molar-refractivity contribution in [2.24, 2.45) is 0 Å². The molecule has 2 amide bonds. The normalized spacial score (nSPS) is 10.3. The number of hydrogen-bond acceptors (Lipinski definition) is 5. The minimum atomic E-state index is -0.168. The number of oxazole rings is 1. The molecule has 7 nitrogen and oxygen atoms in total. The number of hydrogen-bond donors (Lipinski definition) is 3. The quantitative estimate of drug-likeness (QED) is 0.728. The standard InChI is InChI=1S/C15H18N4O3S/c1-3-4-5-13(21)18-15(23)19-14-17-11-7-6-10(16-9(2)20)8-12(11)22-14/h6-8H,3-5H2,1-2H3,(H,16,20)(H2,17,18,19,21,23). The number of nitrogens with one attached hydrogen (secondary N) is 3. The van der Waals surface area contributed by atoms with Crippen molar-refractivity contribution in [3.63, 3.8) is 0 Å². The molecule has 0 radical (unpaired) electrons. The molecule has 1 heterocycles. The Kier molecular flexibility index (Phi) is 5.64. The molecule has 2 aromatic rings. The summed E-state index contributed by atoms with van der Waals surface area (Å²) < 4.78 is 5.51. The first-order valence-corrected chi connectivity index (χ1v) is 7.67. The number of carbonyl (C=O) groups is 2. The molecule has 0 atom stereocenters. The Labute approximate surface area is 138 Å². The fourth-order valence-electron chi connectivity index (χ4n) is 1.91. The van der Waals surface area contributed by atoms with Crippen LogP contribution >= 0.6 is 12.2 Å². The van der Waals surface area contributed by atoms with E-state index < -0.39 is 0 Å². The number of anilines is 2. The van der Waals surface area contributed by atoms with E-state index in [0.717, 1.165) is 12.8 Å². The first-order valence-electron chi connectivity index (χ1n) is 7.27. The molecule has 8 heteroatoms. The molecular formula is C15H18N4O3S. The van der Waals surface area contributed by atoms with Crippen LogP contribution in [0.4, 0.5) is 11.7 Å². The lowest BCUT2D eigenvalue weighted by molar-refractivity contribution is -0.119. The van der Waals surface area contributed by atoms with Crippen LogP contribution in [0.1, 0.15) is 33.1 Å². The average Bonchev–Trinajstić information content (AvgIpc) is 2.85. The zero-order chi connectivity index (χ0) is 16.8. The van der Waals surface area contributed by atoms with Crippen molar-refractivity contribution in [1.29, 1.82) is 0 Å². The summed E-state index contributed by atoms with van der Waals surface area (Å²) in [7, 11) is 0. The fourth-order valence-corrected chi connectivity index (χ4v) is 2.12. The lowest BCUT2D eigenvalue weighted by Crippen LogP contribution is -2.33. The van der Waals surface area contributed by atoms with Gasteiger partial charge >= 0.3 is 6.01 Å². The van der Waals surface area contributed by atoms with Gasteiger partial charge in [-0.3, -0.25) is 14.9 Å². The summed E-state index contributed by atoms with van der Waals surface area (Å²) in [5.74, 6) is -0.313. The number of thiocarbonyl (C=S) groups is 1. The first kappa shape index (κ1) is 16.9. The van der Waals surface area contributed by atoms with Gasteiger partial charge in [-0.2, -0.15) is 4.98 Å². The molecular weight excluding hydrogens is 316 g/mol. The van der Waals surface area contributed by atoms with Crippen molar-refractivity contribution in [3.8, 4) is 0 Å². The third-order valence-corrected chi connectivity index (χ3v) is 3.14. The van der Waals surface area contributed by atoms with Crippen LogP contribution < -0.4 is 16.0 Å². The molecule has 23 heavy (non-hydrogen) atoms. The molecule has 1 aromatic heterocycles. The lowest BCUT2D eigenvalue weighted by atomic mass is 10.2. The van der Waals surface area contributed by atoms with Gasteiger partial charge in [-0.05, 0) is 30.8 Å². The number of unbranched alkanes of at least 4 members (excludes halogenated alkanes) is 1. The lowest BCUT2D eigenvalue weighted by Gasteiger charge is -2.05. The van der Waals surface area contributed by atoms with Crippen LogP contribution in [0.2, 0.25) is 0 Å². The summed E-state index contributed by atoms with van der Waals surface area (Å²) in [6.45, 7) is 3.44. The van der Waals surface area contributed by atoms with E-state index in [9.17, 15) is 9.59 Å². The summed E-state index contributed by atoms with van der Waals surface area (Å²) in [5, 5.41) is 8.10. The maximum Gasteiger partial charge on any atom is 0.302 e. The van der Waals surface area contributed by atoms with Crippen LogP contribution in [0.3, 0.4) is 0 Å². The molecule has 122 valence electrons. The highest BCUT2D eigenvalue weighted by molar-refractivity contribution is 7.80. The van der Waals surface area contributed by atoms with Crippen LogP contribution in [0.15, 0.2) is 22.6 Å². The van der Waals surface area contributed by atoms with E-state index in [1.165, 1.54) is 6.92 Å². The van der Waals surface area contributed by atoms with Gasteiger partial charge in [0.2, 0.25) is 11.8 Å². The highest BCUT2D eigenvalue weighted by Crippen LogP contribution is 2.22. The highest BCUT2D eigenvalue weighted by Gasteiger charge is 2.10. The smallest absolute Gasteiger partial charge is 0.302 e. The Bertz CT molecular complexity index is 741. The van der Waals surface area contributed by atoms with E-state index in [1.807, 2.05) is 6.92 Å². The number of aromatic nitrogens is 1. The third kappa shape index (κ3) is 5.03. The Morgan fingerprint density at radius 3 is 2.78 bits per heavy atom. The Morgan fingerprint density at radius 1 is 1.30 bits per heavy atom. The molecule has 0 bridgehead atoms. The number of carbonyl (C=O) groups excluding carboxylic acids is 2.